The number of nitrogens with zero attached hydrogens (tertiary/aromatic N) is 3. The van der Waals surface area contributed by atoms with Gasteiger partial charge >= 0.3 is 0 Å². The van der Waals surface area contributed by atoms with E-state index >= 15 is 0 Å². The molecule has 1 aliphatic rings. The van der Waals surface area contributed by atoms with Crippen molar-refractivity contribution in [3.8, 4) is 5.69 Å². The zero-order valence-corrected chi connectivity index (χ0v) is 31.1. The van der Waals surface area contributed by atoms with E-state index in [-0.39, 0.29) is 0 Å². The molecular weight excluding hydrogens is 645 g/mol. The monoisotopic (exact) mass is 690 g/mol. The van der Waals surface area contributed by atoms with E-state index in [0.29, 0.717) is 6.54 Å². The maximum Gasteiger partial charge on any atom is 0.0594 e. The van der Waals surface area contributed by atoms with Crippen LogP contribution in [0.1, 0.15) is 43.9 Å². The van der Waals surface area contributed by atoms with Crippen molar-refractivity contribution in [2.75, 3.05) is 11.4 Å². The van der Waals surface area contributed by atoms with E-state index in [9.17, 15) is 0 Å². The minimum Gasteiger partial charge on any atom is -0.325 e. The number of para-hydroxylation sites is 4. The molecule has 53 heavy (non-hydrogen) atoms. The van der Waals surface area contributed by atoms with Gasteiger partial charge in [0.15, 0.2) is 0 Å². The summed E-state index contributed by atoms with van der Waals surface area (Å²) < 4.78 is 4.78. The molecule has 4 nitrogen and oxygen atoms in total. The molecular formula is C49H46N4. The first-order valence-corrected chi connectivity index (χ1v) is 18.9. The Kier molecular flexibility index (Phi) is 9.07. The first kappa shape index (κ1) is 34.0. The molecule has 1 aliphatic heterocycles. The summed E-state index contributed by atoms with van der Waals surface area (Å²) in [4.78, 5) is 2.48. The van der Waals surface area contributed by atoms with E-state index in [1.165, 1.54) is 60.3 Å². The Labute approximate surface area is 311 Å². The van der Waals surface area contributed by atoms with Gasteiger partial charge in [-0.25, -0.2) is 0 Å². The van der Waals surface area contributed by atoms with Gasteiger partial charge in [0.1, 0.15) is 0 Å². The van der Waals surface area contributed by atoms with Gasteiger partial charge in [-0.05, 0) is 66.4 Å². The SMILES string of the molecule is C=c1/c(=C(\CN)N2\C(=c3c(=C/c4ccccc4)/c(=C\CC)n4c/3c(C)c3ccccc34)Cc3ccccc32)c2ccccc2n1-c1ccccc1.CC. The minimum absolute atomic E-state index is 0.341. The number of fused-ring (bicyclic) bond motifs is 5. The van der Waals surface area contributed by atoms with Crippen molar-refractivity contribution in [3.63, 3.8) is 0 Å². The Hall–Kier alpha value is -6.10. The van der Waals surface area contributed by atoms with Crippen molar-refractivity contribution in [3.05, 3.63) is 177 Å². The summed E-state index contributed by atoms with van der Waals surface area (Å²) >= 11 is 0. The van der Waals surface area contributed by atoms with Gasteiger partial charge in [0.25, 0.3) is 0 Å². The molecule has 0 aliphatic carbocycles. The van der Waals surface area contributed by atoms with Crippen molar-refractivity contribution >= 4 is 63.1 Å². The second kappa shape index (κ2) is 14.1. The third-order valence-electron chi connectivity index (χ3n) is 10.5. The van der Waals surface area contributed by atoms with Gasteiger partial charge in [-0.15, -0.1) is 0 Å². The molecule has 0 fully saturated rings. The van der Waals surface area contributed by atoms with E-state index in [4.69, 9.17) is 12.3 Å². The maximum atomic E-state index is 6.96. The molecule has 4 heteroatoms. The first-order chi connectivity index (χ1) is 26.1. The van der Waals surface area contributed by atoms with Crippen molar-refractivity contribution < 1.29 is 0 Å². The third-order valence-corrected chi connectivity index (χ3v) is 10.5. The lowest BCUT2D eigenvalue weighted by atomic mass is 10.1. The van der Waals surface area contributed by atoms with E-state index in [1.54, 1.807) is 0 Å². The number of hydrogen-bond donors (Lipinski definition) is 1. The Morgan fingerprint density at radius 1 is 0.755 bits per heavy atom. The lowest BCUT2D eigenvalue weighted by Crippen LogP contribution is -2.41. The molecule has 2 N–H and O–H groups in total. The van der Waals surface area contributed by atoms with Crippen LogP contribution in [-0.4, -0.2) is 15.5 Å². The van der Waals surface area contributed by atoms with Gasteiger partial charge in [0.2, 0.25) is 0 Å². The van der Waals surface area contributed by atoms with E-state index in [2.05, 4.69) is 173 Å². The molecule has 3 aromatic heterocycles. The normalized spacial score (nSPS) is 15.0. The average molecular weight is 691 g/mol. The van der Waals surface area contributed by atoms with E-state index in [1.807, 2.05) is 13.8 Å². The largest absolute Gasteiger partial charge is 0.325 e. The second-order valence-corrected chi connectivity index (χ2v) is 13.4. The van der Waals surface area contributed by atoms with Crippen LogP contribution in [0.4, 0.5) is 5.69 Å². The van der Waals surface area contributed by atoms with E-state index < -0.39 is 0 Å². The summed E-state index contributed by atoms with van der Waals surface area (Å²) in [5.74, 6) is 0. The summed E-state index contributed by atoms with van der Waals surface area (Å²) in [7, 11) is 0. The molecule has 9 rings (SSSR count). The molecule has 0 radical (unpaired) electrons. The van der Waals surface area contributed by atoms with Crippen LogP contribution in [0.3, 0.4) is 0 Å². The molecule has 4 heterocycles. The zero-order chi connectivity index (χ0) is 36.6. The van der Waals surface area contributed by atoms with Crippen LogP contribution in [0.5, 0.6) is 0 Å². The highest BCUT2D eigenvalue weighted by Gasteiger charge is 2.30. The summed E-state index contributed by atoms with van der Waals surface area (Å²) in [6.45, 7) is 13.6. The van der Waals surface area contributed by atoms with E-state index in [0.717, 1.165) is 45.7 Å². The fourth-order valence-corrected chi connectivity index (χ4v) is 8.46. The molecule has 262 valence electrons. The molecule has 0 saturated carbocycles. The summed E-state index contributed by atoms with van der Waals surface area (Å²) in [5, 5.41) is 8.16. The molecule has 0 atom stereocenters. The summed E-state index contributed by atoms with van der Waals surface area (Å²) in [6.07, 6.45) is 6.47. The lowest BCUT2D eigenvalue weighted by Gasteiger charge is -2.24. The highest BCUT2D eigenvalue weighted by molar-refractivity contribution is 5.99. The summed E-state index contributed by atoms with van der Waals surface area (Å²) in [5.41, 5.74) is 18.9. The number of benzene rings is 5. The molecule has 5 aromatic carbocycles. The Morgan fingerprint density at radius 3 is 2.09 bits per heavy atom. The third kappa shape index (κ3) is 5.41. The average Bonchev–Trinajstić information content (AvgIpc) is 3.91. The van der Waals surface area contributed by atoms with Crippen LogP contribution in [0.25, 0.3) is 63.1 Å². The molecule has 0 spiro atoms. The molecule has 0 unspecified atom stereocenters. The zero-order valence-electron chi connectivity index (χ0n) is 31.1. The number of aryl methyl sites for hydroxylation is 1. The van der Waals surface area contributed by atoms with Crippen LogP contribution in [0, 0.1) is 6.92 Å². The highest BCUT2D eigenvalue weighted by Crippen LogP contribution is 2.38. The second-order valence-electron chi connectivity index (χ2n) is 13.4. The minimum atomic E-state index is 0.341. The van der Waals surface area contributed by atoms with Crippen LogP contribution in [0.15, 0.2) is 133 Å². The lowest BCUT2D eigenvalue weighted by molar-refractivity contribution is 1.06. The molecule has 0 amide bonds. The maximum absolute atomic E-state index is 6.96. The first-order valence-electron chi connectivity index (χ1n) is 18.9. The Balaban J connectivity index is 0.00000197. The van der Waals surface area contributed by atoms with Gasteiger partial charge in [0, 0.05) is 67.5 Å². The number of anilines is 1. The molecule has 0 bridgehead atoms. The highest BCUT2D eigenvalue weighted by atomic mass is 15.2. The standard InChI is InChI=1S/C47H40N4.C2H6/c1-4-17-40-38(28-33-18-7-5-8-19-33)46(47-31(2)36-23-12-15-26-41(36)51(40)47)43-29-34-20-11-14-25-39(34)50(43)44(30-48)45-32(3)49(35-21-9-6-10-22-35)42-27-16-13-24-37(42)45;1-2/h5-28H,3-4,29-30,48H2,1-2H3;1-2H3/b38-28+,40-17+,45-44-,46-43+;. The smallest absolute Gasteiger partial charge is 0.0594 e. The Morgan fingerprint density at radius 2 is 1.38 bits per heavy atom. The molecule has 8 aromatic rings. The number of rotatable bonds is 5. The quantitative estimate of drug-likeness (QED) is 0.204. The predicted molar refractivity (Wildman–Crippen MR) is 227 cm³/mol. The Bertz CT molecular complexity index is 2930. The van der Waals surface area contributed by atoms with Gasteiger partial charge in [0.05, 0.1) is 21.9 Å². The predicted octanol–water partition coefficient (Wildman–Crippen LogP) is 7.46. The van der Waals surface area contributed by atoms with Crippen LogP contribution >= 0.6 is 0 Å². The van der Waals surface area contributed by atoms with Crippen LogP contribution in [-0.2, 0) is 6.42 Å². The van der Waals surface area contributed by atoms with Crippen molar-refractivity contribution in [1.29, 1.82) is 0 Å². The topological polar surface area (TPSA) is 38.6 Å². The van der Waals surface area contributed by atoms with Crippen molar-refractivity contribution in [2.45, 2.75) is 40.5 Å². The fourth-order valence-electron chi connectivity index (χ4n) is 8.46. The summed E-state index contributed by atoms with van der Waals surface area (Å²) in [6, 6.07) is 47.5. The number of aromatic nitrogens is 2. The number of hydrogen-bond acceptors (Lipinski definition) is 2. The van der Waals surface area contributed by atoms with Crippen LogP contribution < -0.4 is 37.0 Å². The van der Waals surface area contributed by atoms with Gasteiger partial charge in [-0.2, -0.15) is 0 Å². The molecule has 0 saturated heterocycles. The van der Waals surface area contributed by atoms with Gasteiger partial charge < -0.3 is 19.6 Å². The van der Waals surface area contributed by atoms with Crippen molar-refractivity contribution in [2.24, 2.45) is 5.73 Å². The number of nitrogens with two attached hydrogens (primary N) is 1. The fraction of sp³-hybridized carbons (Fsp3) is 0.143. The van der Waals surface area contributed by atoms with Crippen molar-refractivity contribution in [1.82, 2.24) is 8.97 Å². The van der Waals surface area contributed by atoms with Gasteiger partial charge in [-0.3, -0.25) is 0 Å². The van der Waals surface area contributed by atoms with Gasteiger partial charge in [-0.1, -0.05) is 137 Å². The van der Waals surface area contributed by atoms with Crippen LogP contribution in [0.2, 0.25) is 0 Å².